The third-order valence-electron chi connectivity index (χ3n) is 3.77. The summed E-state index contributed by atoms with van der Waals surface area (Å²) in [6.07, 6.45) is 2.85. The molecule has 1 amide bonds. The van der Waals surface area contributed by atoms with Crippen LogP contribution in [0.15, 0.2) is 29.2 Å². The molecule has 6 nitrogen and oxygen atoms in total. The van der Waals surface area contributed by atoms with E-state index in [-0.39, 0.29) is 17.3 Å². The van der Waals surface area contributed by atoms with Crippen LogP contribution >= 0.6 is 0 Å². The maximum Gasteiger partial charge on any atom is 0.243 e. The minimum atomic E-state index is -3.51. The first-order valence-electron chi connectivity index (χ1n) is 7.54. The Labute approximate surface area is 131 Å². The SMILES string of the molecule is C[C@@H](N)C(=O)NCc1ccccc1S(=O)(=O)N1CCCCC1. The summed E-state index contributed by atoms with van der Waals surface area (Å²) < 4.78 is 27.1. The molecule has 0 bridgehead atoms. The van der Waals surface area contributed by atoms with Crippen LogP contribution in [0.4, 0.5) is 0 Å². The molecule has 1 aromatic rings. The van der Waals surface area contributed by atoms with Crippen molar-refractivity contribution in [2.24, 2.45) is 5.73 Å². The molecule has 0 aliphatic carbocycles. The van der Waals surface area contributed by atoms with Crippen LogP contribution in [0.1, 0.15) is 31.7 Å². The first kappa shape index (κ1) is 16.9. The van der Waals surface area contributed by atoms with E-state index in [1.807, 2.05) is 0 Å². The van der Waals surface area contributed by atoms with E-state index in [1.54, 1.807) is 31.2 Å². The first-order valence-corrected chi connectivity index (χ1v) is 8.98. The van der Waals surface area contributed by atoms with E-state index < -0.39 is 16.1 Å². The fraction of sp³-hybridized carbons (Fsp3) is 0.533. The molecule has 122 valence electrons. The van der Waals surface area contributed by atoms with Crippen molar-refractivity contribution in [3.63, 3.8) is 0 Å². The lowest BCUT2D eigenvalue weighted by molar-refractivity contribution is -0.122. The van der Waals surface area contributed by atoms with Gasteiger partial charge in [0.05, 0.1) is 10.9 Å². The van der Waals surface area contributed by atoms with Crippen molar-refractivity contribution in [1.29, 1.82) is 0 Å². The summed E-state index contributed by atoms with van der Waals surface area (Å²) in [5.41, 5.74) is 6.09. The van der Waals surface area contributed by atoms with Crippen molar-refractivity contribution in [2.75, 3.05) is 13.1 Å². The second-order valence-electron chi connectivity index (χ2n) is 5.58. The molecule has 2 rings (SSSR count). The minimum absolute atomic E-state index is 0.156. The molecule has 0 saturated carbocycles. The highest BCUT2D eigenvalue weighted by atomic mass is 32.2. The van der Waals surface area contributed by atoms with E-state index in [0.717, 1.165) is 19.3 Å². The maximum absolute atomic E-state index is 12.8. The molecule has 0 unspecified atom stereocenters. The van der Waals surface area contributed by atoms with Crippen molar-refractivity contribution >= 4 is 15.9 Å². The average Bonchev–Trinajstić information content (AvgIpc) is 2.53. The number of rotatable bonds is 5. The zero-order chi connectivity index (χ0) is 16.2. The Balaban J connectivity index is 2.21. The zero-order valence-electron chi connectivity index (χ0n) is 12.8. The van der Waals surface area contributed by atoms with Gasteiger partial charge in [-0.3, -0.25) is 4.79 Å². The van der Waals surface area contributed by atoms with Gasteiger partial charge in [-0.1, -0.05) is 24.6 Å². The highest BCUT2D eigenvalue weighted by Crippen LogP contribution is 2.23. The second kappa shape index (κ2) is 7.21. The lowest BCUT2D eigenvalue weighted by Gasteiger charge is -2.26. The number of sulfonamides is 1. The number of hydrogen-bond donors (Lipinski definition) is 2. The maximum atomic E-state index is 12.8. The molecule has 3 N–H and O–H groups in total. The van der Waals surface area contributed by atoms with Crippen LogP contribution in [0, 0.1) is 0 Å². The van der Waals surface area contributed by atoms with E-state index in [4.69, 9.17) is 5.73 Å². The molecule has 1 aromatic carbocycles. The van der Waals surface area contributed by atoms with E-state index in [9.17, 15) is 13.2 Å². The number of piperidine rings is 1. The zero-order valence-corrected chi connectivity index (χ0v) is 13.6. The molecular weight excluding hydrogens is 302 g/mol. The Kier molecular flexibility index (Phi) is 5.55. The van der Waals surface area contributed by atoms with Crippen LogP contribution in [0.5, 0.6) is 0 Å². The number of amides is 1. The topological polar surface area (TPSA) is 92.5 Å². The van der Waals surface area contributed by atoms with Gasteiger partial charge >= 0.3 is 0 Å². The lowest BCUT2D eigenvalue weighted by Crippen LogP contribution is -2.39. The Morgan fingerprint density at radius 1 is 1.27 bits per heavy atom. The van der Waals surface area contributed by atoms with Crippen molar-refractivity contribution in [2.45, 2.75) is 43.7 Å². The summed E-state index contributed by atoms with van der Waals surface area (Å²) in [4.78, 5) is 11.8. The molecule has 1 heterocycles. The summed E-state index contributed by atoms with van der Waals surface area (Å²) in [5.74, 6) is -0.301. The first-order chi connectivity index (χ1) is 10.4. The predicted octanol–water partition coefficient (Wildman–Crippen LogP) is 0.825. The number of carbonyl (C=O) groups is 1. The van der Waals surface area contributed by atoms with Gasteiger partial charge in [0.2, 0.25) is 15.9 Å². The normalized spacial score (nSPS) is 17.9. The number of nitrogens with two attached hydrogens (primary N) is 1. The molecule has 7 heteroatoms. The van der Waals surface area contributed by atoms with Gasteiger partial charge in [0, 0.05) is 19.6 Å². The number of hydrogen-bond acceptors (Lipinski definition) is 4. The van der Waals surface area contributed by atoms with Crippen LogP contribution in [-0.2, 0) is 21.4 Å². The Morgan fingerprint density at radius 3 is 2.55 bits per heavy atom. The van der Waals surface area contributed by atoms with Gasteiger partial charge in [-0.05, 0) is 31.4 Å². The van der Waals surface area contributed by atoms with Crippen molar-refractivity contribution in [3.8, 4) is 0 Å². The van der Waals surface area contributed by atoms with Crippen LogP contribution < -0.4 is 11.1 Å². The molecule has 0 spiro atoms. The summed E-state index contributed by atoms with van der Waals surface area (Å²) in [6, 6.07) is 6.16. The molecule has 1 saturated heterocycles. The highest BCUT2D eigenvalue weighted by molar-refractivity contribution is 7.89. The van der Waals surface area contributed by atoms with Crippen molar-refractivity contribution < 1.29 is 13.2 Å². The molecule has 1 fully saturated rings. The molecule has 1 aliphatic heterocycles. The molecule has 0 radical (unpaired) electrons. The second-order valence-corrected chi connectivity index (χ2v) is 7.49. The van der Waals surface area contributed by atoms with Gasteiger partial charge in [0.1, 0.15) is 0 Å². The molecule has 22 heavy (non-hydrogen) atoms. The van der Waals surface area contributed by atoms with Crippen LogP contribution in [0.3, 0.4) is 0 Å². The standard InChI is InChI=1S/C15H23N3O3S/c1-12(16)15(19)17-11-13-7-3-4-8-14(13)22(20,21)18-9-5-2-6-10-18/h3-4,7-8,12H,2,5-6,9-11,16H2,1H3,(H,17,19)/t12-/m1/s1. The van der Waals surface area contributed by atoms with E-state index in [2.05, 4.69) is 5.32 Å². The summed E-state index contributed by atoms with van der Waals surface area (Å²) in [5, 5.41) is 2.67. The Morgan fingerprint density at radius 2 is 1.91 bits per heavy atom. The van der Waals surface area contributed by atoms with Crippen LogP contribution in [-0.4, -0.2) is 37.8 Å². The summed E-state index contributed by atoms with van der Waals surface area (Å²) in [6.45, 7) is 2.86. The third kappa shape index (κ3) is 3.85. The third-order valence-corrected chi connectivity index (χ3v) is 5.77. The number of carbonyl (C=O) groups excluding carboxylic acids is 1. The van der Waals surface area contributed by atoms with E-state index in [1.165, 1.54) is 4.31 Å². The highest BCUT2D eigenvalue weighted by Gasteiger charge is 2.27. The van der Waals surface area contributed by atoms with Crippen molar-refractivity contribution in [3.05, 3.63) is 29.8 Å². The number of nitrogens with zero attached hydrogens (tertiary/aromatic N) is 1. The monoisotopic (exact) mass is 325 g/mol. The van der Waals surface area contributed by atoms with Gasteiger partial charge in [-0.25, -0.2) is 8.42 Å². The van der Waals surface area contributed by atoms with Crippen LogP contribution in [0.2, 0.25) is 0 Å². The van der Waals surface area contributed by atoms with Crippen LogP contribution in [0.25, 0.3) is 0 Å². The van der Waals surface area contributed by atoms with Gasteiger partial charge in [0.25, 0.3) is 0 Å². The molecular formula is C15H23N3O3S. The van der Waals surface area contributed by atoms with Crippen molar-refractivity contribution in [1.82, 2.24) is 9.62 Å². The Bertz CT molecular complexity index is 623. The fourth-order valence-electron chi connectivity index (χ4n) is 2.49. The molecule has 1 atom stereocenters. The minimum Gasteiger partial charge on any atom is -0.351 e. The van der Waals surface area contributed by atoms with E-state index >= 15 is 0 Å². The van der Waals surface area contributed by atoms with E-state index in [0.29, 0.717) is 18.7 Å². The summed E-state index contributed by atoms with van der Waals surface area (Å²) in [7, 11) is -3.51. The smallest absolute Gasteiger partial charge is 0.243 e. The molecule has 0 aromatic heterocycles. The Hall–Kier alpha value is -1.44. The number of nitrogens with one attached hydrogen (secondary N) is 1. The van der Waals surface area contributed by atoms with Gasteiger partial charge in [-0.2, -0.15) is 4.31 Å². The van der Waals surface area contributed by atoms with Gasteiger partial charge in [-0.15, -0.1) is 0 Å². The van der Waals surface area contributed by atoms with Gasteiger partial charge < -0.3 is 11.1 Å². The quantitative estimate of drug-likeness (QED) is 0.838. The number of benzene rings is 1. The molecule has 1 aliphatic rings. The average molecular weight is 325 g/mol. The summed E-state index contributed by atoms with van der Waals surface area (Å²) >= 11 is 0. The van der Waals surface area contributed by atoms with Gasteiger partial charge in [0.15, 0.2) is 0 Å². The fourth-order valence-corrected chi connectivity index (χ4v) is 4.23. The predicted molar refractivity (Wildman–Crippen MR) is 84.5 cm³/mol. The largest absolute Gasteiger partial charge is 0.351 e. The lowest BCUT2D eigenvalue weighted by atomic mass is 10.2.